The number of rotatable bonds is 9. The van der Waals surface area contributed by atoms with Crippen LogP contribution in [0, 0.1) is 0 Å². The summed E-state index contributed by atoms with van der Waals surface area (Å²) in [6.07, 6.45) is 4.01. The Bertz CT molecular complexity index is 377. The summed E-state index contributed by atoms with van der Waals surface area (Å²) in [5.74, 6) is 0.867. The van der Waals surface area contributed by atoms with Gasteiger partial charge in [-0.1, -0.05) is 18.2 Å². The molecule has 0 spiro atoms. The summed E-state index contributed by atoms with van der Waals surface area (Å²) in [6.45, 7) is 2.16. The predicted octanol–water partition coefficient (Wildman–Crippen LogP) is 1.71. The Hall–Kier alpha value is -1.55. The van der Waals surface area contributed by atoms with Crippen molar-refractivity contribution in [3.63, 3.8) is 0 Å². The molecule has 1 aromatic rings. The van der Waals surface area contributed by atoms with E-state index in [1.807, 2.05) is 30.3 Å². The number of benzene rings is 1. The molecule has 1 aliphatic carbocycles. The van der Waals surface area contributed by atoms with Crippen molar-refractivity contribution in [1.29, 1.82) is 0 Å². The Morgan fingerprint density at radius 3 is 2.74 bits per heavy atom. The highest BCUT2D eigenvalue weighted by Crippen LogP contribution is 2.18. The van der Waals surface area contributed by atoms with Crippen molar-refractivity contribution in [3.8, 4) is 5.75 Å². The second-order valence-electron chi connectivity index (χ2n) is 4.84. The average Bonchev–Trinajstić information content (AvgIpc) is 3.24. The largest absolute Gasteiger partial charge is 0.493 e. The smallest absolute Gasteiger partial charge is 0.223 e. The first-order valence-electron chi connectivity index (χ1n) is 7.02. The Balaban J connectivity index is 1.45. The van der Waals surface area contributed by atoms with E-state index in [-0.39, 0.29) is 5.91 Å². The number of nitrogens with one attached hydrogen (secondary N) is 2. The van der Waals surface area contributed by atoms with Crippen LogP contribution in [-0.2, 0) is 4.79 Å². The number of carbonyl (C=O) groups excluding carboxylic acids is 1. The first kappa shape index (κ1) is 13.9. The molecule has 0 aromatic heterocycles. The number of para-hydroxylation sites is 1. The van der Waals surface area contributed by atoms with Crippen LogP contribution in [0.1, 0.15) is 25.7 Å². The standard InChI is InChI=1S/C15H22N2O2/c18-15(17-11-4-10-16-13-7-8-13)9-12-19-14-5-2-1-3-6-14/h1-3,5-6,13,16H,4,7-12H2,(H,17,18). The van der Waals surface area contributed by atoms with Crippen LogP contribution in [-0.4, -0.2) is 31.6 Å². The number of amides is 1. The minimum atomic E-state index is 0.0577. The molecule has 0 bridgehead atoms. The van der Waals surface area contributed by atoms with Gasteiger partial charge >= 0.3 is 0 Å². The Morgan fingerprint density at radius 2 is 2.00 bits per heavy atom. The lowest BCUT2D eigenvalue weighted by Crippen LogP contribution is -2.28. The first-order chi connectivity index (χ1) is 9.34. The van der Waals surface area contributed by atoms with Crippen molar-refractivity contribution < 1.29 is 9.53 Å². The summed E-state index contributed by atoms with van der Waals surface area (Å²) in [6, 6.07) is 10.3. The summed E-state index contributed by atoms with van der Waals surface area (Å²) in [5.41, 5.74) is 0. The van der Waals surface area contributed by atoms with Crippen LogP contribution in [0.3, 0.4) is 0 Å². The maximum absolute atomic E-state index is 11.5. The molecule has 1 amide bonds. The van der Waals surface area contributed by atoms with Gasteiger partial charge in [0.1, 0.15) is 5.75 Å². The maximum atomic E-state index is 11.5. The van der Waals surface area contributed by atoms with Gasteiger partial charge in [0.15, 0.2) is 0 Å². The summed E-state index contributed by atoms with van der Waals surface area (Å²) >= 11 is 0. The van der Waals surface area contributed by atoms with Gasteiger partial charge in [0, 0.05) is 12.6 Å². The fourth-order valence-corrected chi connectivity index (χ4v) is 1.78. The van der Waals surface area contributed by atoms with E-state index < -0.39 is 0 Å². The van der Waals surface area contributed by atoms with Crippen molar-refractivity contribution in [2.75, 3.05) is 19.7 Å². The van der Waals surface area contributed by atoms with Gasteiger partial charge in [0.05, 0.1) is 13.0 Å². The zero-order valence-corrected chi connectivity index (χ0v) is 11.2. The van der Waals surface area contributed by atoms with Crippen molar-refractivity contribution in [2.45, 2.75) is 31.7 Å². The molecule has 2 rings (SSSR count). The lowest BCUT2D eigenvalue weighted by Gasteiger charge is -2.07. The second-order valence-corrected chi connectivity index (χ2v) is 4.84. The molecule has 4 heteroatoms. The van der Waals surface area contributed by atoms with Crippen molar-refractivity contribution >= 4 is 5.91 Å². The van der Waals surface area contributed by atoms with Crippen LogP contribution in [0.15, 0.2) is 30.3 Å². The quantitative estimate of drug-likeness (QED) is 0.666. The van der Waals surface area contributed by atoms with Gasteiger partial charge in [-0.05, 0) is 37.9 Å². The highest BCUT2D eigenvalue weighted by molar-refractivity contribution is 5.75. The van der Waals surface area contributed by atoms with Crippen molar-refractivity contribution in [1.82, 2.24) is 10.6 Å². The molecule has 0 aliphatic heterocycles. The number of hydrogen-bond donors (Lipinski definition) is 2. The second kappa shape index (κ2) is 7.79. The third kappa shape index (κ3) is 6.25. The minimum absolute atomic E-state index is 0.0577. The van der Waals surface area contributed by atoms with Crippen LogP contribution in [0.2, 0.25) is 0 Å². The molecule has 4 nitrogen and oxygen atoms in total. The van der Waals surface area contributed by atoms with Gasteiger partial charge < -0.3 is 15.4 Å². The molecule has 19 heavy (non-hydrogen) atoms. The molecule has 0 unspecified atom stereocenters. The molecule has 0 radical (unpaired) electrons. The van der Waals surface area contributed by atoms with Gasteiger partial charge in [-0.25, -0.2) is 0 Å². The maximum Gasteiger partial charge on any atom is 0.223 e. The van der Waals surface area contributed by atoms with E-state index in [0.717, 1.165) is 31.3 Å². The van der Waals surface area contributed by atoms with Gasteiger partial charge in [-0.15, -0.1) is 0 Å². The predicted molar refractivity (Wildman–Crippen MR) is 75.2 cm³/mol. The van der Waals surface area contributed by atoms with Crippen molar-refractivity contribution in [3.05, 3.63) is 30.3 Å². The Kier molecular flexibility index (Phi) is 5.69. The topological polar surface area (TPSA) is 50.4 Å². The molecule has 0 heterocycles. The monoisotopic (exact) mass is 262 g/mol. The van der Waals surface area contributed by atoms with Crippen LogP contribution in [0.4, 0.5) is 0 Å². The highest BCUT2D eigenvalue weighted by Gasteiger charge is 2.19. The molecule has 0 atom stereocenters. The van der Waals surface area contributed by atoms with E-state index in [9.17, 15) is 4.79 Å². The molecule has 1 saturated carbocycles. The van der Waals surface area contributed by atoms with Crippen LogP contribution in [0.25, 0.3) is 0 Å². The van der Waals surface area contributed by atoms with E-state index in [0.29, 0.717) is 13.0 Å². The lowest BCUT2D eigenvalue weighted by atomic mass is 10.3. The fraction of sp³-hybridized carbons (Fsp3) is 0.533. The zero-order valence-electron chi connectivity index (χ0n) is 11.2. The van der Waals surface area contributed by atoms with Gasteiger partial charge in [-0.2, -0.15) is 0 Å². The van der Waals surface area contributed by atoms with Crippen LogP contribution in [0.5, 0.6) is 5.75 Å². The van der Waals surface area contributed by atoms with E-state index in [1.54, 1.807) is 0 Å². The zero-order chi connectivity index (χ0) is 13.3. The lowest BCUT2D eigenvalue weighted by molar-refractivity contribution is -0.121. The summed E-state index contributed by atoms with van der Waals surface area (Å²) in [5, 5.41) is 6.32. The van der Waals surface area contributed by atoms with Crippen LogP contribution < -0.4 is 15.4 Å². The highest BCUT2D eigenvalue weighted by atomic mass is 16.5. The van der Waals surface area contributed by atoms with E-state index >= 15 is 0 Å². The van der Waals surface area contributed by atoms with E-state index in [1.165, 1.54) is 12.8 Å². The minimum Gasteiger partial charge on any atom is -0.493 e. The summed E-state index contributed by atoms with van der Waals surface area (Å²) < 4.78 is 5.47. The van der Waals surface area contributed by atoms with E-state index in [2.05, 4.69) is 10.6 Å². The SMILES string of the molecule is O=C(CCOc1ccccc1)NCCCNC1CC1. The van der Waals surface area contributed by atoms with Gasteiger partial charge in [0.2, 0.25) is 5.91 Å². The van der Waals surface area contributed by atoms with E-state index in [4.69, 9.17) is 4.74 Å². The van der Waals surface area contributed by atoms with Crippen LogP contribution >= 0.6 is 0 Å². The number of carbonyl (C=O) groups is 1. The van der Waals surface area contributed by atoms with Gasteiger partial charge in [-0.3, -0.25) is 4.79 Å². The molecule has 1 aliphatic rings. The normalized spacial score (nSPS) is 14.1. The summed E-state index contributed by atoms with van der Waals surface area (Å²) in [7, 11) is 0. The summed E-state index contributed by atoms with van der Waals surface area (Å²) in [4.78, 5) is 11.5. The fourth-order valence-electron chi connectivity index (χ4n) is 1.78. The molecular formula is C15H22N2O2. The molecule has 0 saturated heterocycles. The molecular weight excluding hydrogens is 240 g/mol. The molecule has 2 N–H and O–H groups in total. The number of hydrogen-bond acceptors (Lipinski definition) is 3. The van der Waals surface area contributed by atoms with Gasteiger partial charge in [0.25, 0.3) is 0 Å². The third-order valence-corrected chi connectivity index (χ3v) is 3.03. The first-order valence-corrected chi connectivity index (χ1v) is 7.02. The average molecular weight is 262 g/mol. The number of ether oxygens (including phenoxy) is 1. The molecule has 1 aromatic carbocycles. The molecule has 1 fully saturated rings. The Labute approximate surface area is 114 Å². The molecule has 104 valence electrons. The van der Waals surface area contributed by atoms with Crippen molar-refractivity contribution in [2.24, 2.45) is 0 Å². The Morgan fingerprint density at radius 1 is 1.21 bits per heavy atom. The third-order valence-electron chi connectivity index (χ3n) is 3.03.